The van der Waals surface area contributed by atoms with Crippen LogP contribution in [0.3, 0.4) is 0 Å². The third-order valence-electron chi connectivity index (χ3n) is 2.92. The van der Waals surface area contributed by atoms with Gasteiger partial charge in [0.2, 0.25) is 0 Å². The summed E-state index contributed by atoms with van der Waals surface area (Å²) in [5, 5.41) is 3.57. The van der Waals surface area contributed by atoms with Crippen LogP contribution in [0.5, 0.6) is 0 Å². The van der Waals surface area contributed by atoms with Crippen LogP contribution < -0.4 is 5.32 Å². The normalized spacial score (nSPS) is 21.6. The van der Waals surface area contributed by atoms with Gasteiger partial charge in [0.1, 0.15) is 0 Å². The number of hydrogen-bond acceptors (Lipinski definition) is 1. The Morgan fingerprint density at radius 3 is 2.62 bits per heavy atom. The minimum atomic E-state index is 0.662. The lowest BCUT2D eigenvalue weighted by Crippen LogP contribution is -2.39. The van der Waals surface area contributed by atoms with E-state index in [9.17, 15) is 0 Å². The van der Waals surface area contributed by atoms with Crippen LogP contribution >= 0.6 is 0 Å². The van der Waals surface area contributed by atoms with E-state index in [0.717, 1.165) is 12.5 Å². The van der Waals surface area contributed by atoms with E-state index in [2.05, 4.69) is 43.4 Å². The van der Waals surface area contributed by atoms with Gasteiger partial charge >= 0.3 is 0 Å². The van der Waals surface area contributed by atoms with Gasteiger partial charge < -0.3 is 5.32 Å². The Morgan fingerprint density at radius 2 is 1.92 bits per heavy atom. The van der Waals surface area contributed by atoms with Crippen molar-refractivity contribution in [2.75, 3.05) is 0 Å². The molecule has 1 nitrogen and oxygen atoms in total. The summed E-state index contributed by atoms with van der Waals surface area (Å²) in [7, 11) is 0. The molecule has 0 spiro atoms. The van der Waals surface area contributed by atoms with Crippen LogP contribution in [0.4, 0.5) is 0 Å². The highest BCUT2D eigenvalue weighted by Crippen LogP contribution is 2.19. The van der Waals surface area contributed by atoms with Crippen LogP contribution in [0.25, 0.3) is 0 Å². The lowest BCUT2D eigenvalue weighted by molar-refractivity contribution is 0.377. The SMILES string of the molecule is CC(C)[C@@H]1Cc2ccccc2CN1. The predicted molar refractivity (Wildman–Crippen MR) is 55.6 cm³/mol. The fraction of sp³-hybridized carbons (Fsp3) is 0.500. The number of benzene rings is 1. The van der Waals surface area contributed by atoms with Crippen molar-refractivity contribution in [2.24, 2.45) is 5.92 Å². The molecule has 0 saturated heterocycles. The molecule has 0 radical (unpaired) electrons. The molecule has 0 fully saturated rings. The van der Waals surface area contributed by atoms with Crippen molar-refractivity contribution in [1.82, 2.24) is 5.32 Å². The molecule has 0 saturated carbocycles. The van der Waals surface area contributed by atoms with Gasteiger partial charge in [-0.1, -0.05) is 38.1 Å². The molecule has 1 heterocycles. The Hall–Kier alpha value is -0.820. The topological polar surface area (TPSA) is 12.0 Å². The van der Waals surface area contributed by atoms with Crippen LogP contribution in [0.2, 0.25) is 0 Å². The standard InChI is InChI=1S/C12H17N/c1-9(2)12-7-10-5-3-4-6-11(10)8-13-12/h3-6,9,12-13H,7-8H2,1-2H3/t12-/m0/s1. The summed E-state index contributed by atoms with van der Waals surface area (Å²) in [6.07, 6.45) is 1.19. The zero-order valence-corrected chi connectivity index (χ0v) is 8.38. The summed E-state index contributed by atoms with van der Waals surface area (Å²) < 4.78 is 0. The van der Waals surface area contributed by atoms with Crippen molar-refractivity contribution in [3.8, 4) is 0 Å². The predicted octanol–water partition coefficient (Wildman–Crippen LogP) is 2.36. The summed E-state index contributed by atoms with van der Waals surface area (Å²) in [5.74, 6) is 0.730. The summed E-state index contributed by atoms with van der Waals surface area (Å²) in [6.45, 7) is 5.61. The first-order valence-electron chi connectivity index (χ1n) is 5.07. The maximum Gasteiger partial charge on any atom is 0.0211 e. The summed E-state index contributed by atoms with van der Waals surface area (Å²) >= 11 is 0. The zero-order valence-electron chi connectivity index (χ0n) is 8.38. The third-order valence-corrected chi connectivity index (χ3v) is 2.92. The van der Waals surface area contributed by atoms with E-state index in [-0.39, 0.29) is 0 Å². The van der Waals surface area contributed by atoms with E-state index in [1.165, 1.54) is 17.5 Å². The first-order valence-corrected chi connectivity index (χ1v) is 5.07. The van der Waals surface area contributed by atoms with Gasteiger partial charge in [0, 0.05) is 12.6 Å². The maximum absolute atomic E-state index is 3.57. The Balaban J connectivity index is 2.20. The Labute approximate surface area is 80.2 Å². The molecular weight excluding hydrogens is 158 g/mol. The molecule has 1 atom stereocenters. The van der Waals surface area contributed by atoms with Gasteiger partial charge in [0.25, 0.3) is 0 Å². The van der Waals surface area contributed by atoms with Crippen LogP contribution in [0.15, 0.2) is 24.3 Å². The molecule has 1 N–H and O–H groups in total. The number of fused-ring (bicyclic) bond motifs is 1. The average Bonchev–Trinajstić information content (AvgIpc) is 2.17. The summed E-state index contributed by atoms with van der Waals surface area (Å²) in [4.78, 5) is 0. The fourth-order valence-electron chi connectivity index (χ4n) is 1.95. The van der Waals surface area contributed by atoms with Crippen molar-refractivity contribution in [3.63, 3.8) is 0 Å². The molecule has 1 aromatic rings. The second-order valence-corrected chi connectivity index (χ2v) is 4.20. The molecular formula is C12H17N. The van der Waals surface area contributed by atoms with E-state index < -0.39 is 0 Å². The van der Waals surface area contributed by atoms with Gasteiger partial charge in [0.15, 0.2) is 0 Å². The van der Waals surface area contributed by atoms with E-state index in [1.807, 2.05) is 0 Å². The third kappa shape index (κ3) is 1.75. The van der Waals surface area contributed by atoms with Crippen molar-refractivity contribution in [3.05, 3.63) is 35.4 Å². The molecule has 0 unspecified atom stereocenters. The maximum atomic E-state index is 3.57. The van der Waals surface area contributed by atoms with Crippen LogP contribution in [-0.4, -0.2) is 6.04 Å². The van der Waals surface area contributed by atoms with Crippen molar-refractivity contribution in [1.29, 1.82) is 0 Å². The average molecular weight is 175 g/mol. The first kappa shape index (κ1) is 8.76. The van der Waals surface area contributed by atoms with Crippen molar-refractivity contribution < 1.29 is 0 Å². The van der Waals surface area contributed by atoms with E-state index >= 15 is 0 Å². The number of rotatable bonds is 1. The summed E-state index contributed by atoms with van der Waals surface area (Å²) in [6, 6.07) is 9.40. The molecule has 2 rings (SSSR count). The van der Waals surface area contributed by atoms with Gasteiger partial charge in [-0.3, -0.25) is 0 Å². The van der Waals surface area contributed by atoms with Crippen LogP contribution in [0, 0.1) is 5.92 Å². The van der Waals surface area contributed by atoms with E-state index in [1.54, 1.807) is 0 Å². The minimum Gasteiger partial charge on any atom is -0.309 e. The fourth-order valence-corrected chi connectivity index (χ4v) is 1.95. The molecule has 1 aliphatic rings. The second kappa shape index (κ2) is 3.51. The van der Waals surface area contributed by atoms with Gasteiger partial charge in [0.05, 0.1) is 0 Å². The van der Waals surface area contributed by atoms with Gasteiger partial charge in [-0.15, -0.1) is 0 Å². The first-order chi connectivity index (χ1) is 6.27. The monoisotopic (exact) mass is 175 g/mol. The highest BCUT2D eigenvalue weighted by molar-refractivity contribution is 5.29. The smallest absolute Gasteiger partial charge is 0.0211 e. The largest absolute Gasteiger partial charge is 0.309 e. The van der Waals surface area contributed by atoms with Gasteiger partial charge in [-0.2, -0.15) is 0 Å². The molecule has 0 aromatic heterocycles. The summed E-state index contributed by atoms with van der Waals surface area (Å²) in [5.41, 5.74) is 3.00. The molecule has 13 heavy (non-hydrogen) atoms. The van der Waals surface area contributed by atoms with Gasteiger partial charge in [-0.05, 0) is 23.5 Å². The minimum absolute atomic E-state index is 0.662. The highest BCUT2D eigenvalue weighted by Gasteiger charge is 2.19. The molecule has 1 aliphatic heterocycles. The molecule has 0 amide bonds. The van der Waals surface area contributed by atoms with E-state index in [4.69, 9.17) is 0 Å². The number of nitrogens with one attached hydrogen (secondary N) is 1. The lowest BCUT2D eigenvalue weighted by Gasteiger charge is -2.28. The van der Waals surface area contributed by atoms with Crippen LogP contribution in [-0.2, 0) is 13.0 Å². The highest BCUT2D eigenvalue weighted by atomic mass is 14.9. The van der Waals surface area contributed by atoms with Crippen molar-refractivity contribution in [2.45, 2.75) is 32.9 Å². The molecule has 1 aromatic carbocycles. The van der Waals surface area contributed by atoms with Crippen molar-refractivity contribution >= 4 is 0 Å². The lowest BCUT2D eigenvalue weighted by atomic mass is 9.90. The zero-order chi connectivity index (χ0) is 9.26. The quantitative estimate of drug-likeness (QED) is 0.691. The Kier molecular flexibility index (Phi) is 2.36. The second-order valence-electron chi connectivity index (χ2n) is 4.20. The van der Waals surface area contributed by atoms with E-state index in [0.29, 0.717) is 6.04 Å². The molecule has 0 bridgehead atoms. The number of hydrogen-bond donors (Lipinski definition) is 1. The molecule has 0 aliphatic carbocycles. The van der Waals surface area contributed by atoms with Gasteiger partial charge in [-0.25, -0.2) is 0 Å². The Morgan fingerprint density at radius 1 is 1.23 bits per heavy atom. The Bertz CT molecular complexity index is 291. The molecule has 70 valence electrons. The van der Waals surface area contributed by atoms with Crippen LogP contribution in [0.1, 0.15) is 25.0 Å². The molecule has 1 heteroatoms.